The van der Waals surface area contributed by atoms with Gasteiger partial charge in [0.25, 0.3) is 0 Å². The van der Waals surface area contributed by atoms with Crippen LogP contribution in [0.3, 0.4) is 0 Å². The van der Waals surface area contributed by atoms with Crippen molar-refractivity contribution in [2.45, 2.75) is 407 Å². The molecule has 0 aliphatic carbocycles. The second-order valence-electron chi connectivity index (χ2n) is 27.8. The van der Waals surface area contributed by atoms with Crippen LogP contribution in [0, 0.1) is 11.8 Å². The molecule has 0 fully saturated rings. The first-order valence-corrected chi connectivity index (χ1v) is 42.0. The zero-order chi connectivity index (χ0) is 69.3. The van der Waals surface area contributed by atoms with Crippen molar-refractivity contribution in [3.05, 3.63) is 0 Å². The maximum Gasteiger partial charge on any atom is 0.472 e. The van der Waals surface area contributed by atoms with Gasteiger partial charge in [-0.3, -0.25) is 37.3 Å². The Labute approximate surface area is 575 Å². The van der Waals surface area contributed by atoms with E-state index in [1.54, 1.807) is 0 Å². The lowest BCUT2D eigenvalue weighted by molar-refractivity contribution is -0.161. The highest BCUT2D eigenvalue weighted by molar-refractivity contribution is 7.47. The number of rotatable bonds is 74. The van der Waals surface area contributed by atoms with E-state index in [1.165, 1.54) is 205 Å². The molecule has 0 aromatic heterocycles. The van der Waals surface area contributed by atoms with Gasteiger partial charge in [0.1, 0.15) is 19.3 Å². The summed E-state index contributed by atoms with van der Waals surface area (Å²) >= 11 is 0. The molecule has 0 aromatic rings. The van der Waals surface area contributed by atoms with E-state index in [0.29, 0.717) is 25.7 Å². The van der Waals surface area contributed by atoms with Gasteiger partial charge in [-0.1, -0.05) is 337 Å². The number of carbonyl (C=O) groups excluding carboxylic acids is 4. The third kappa shape index (κ3) is 67.3. The topological polar surface area (TPSA) is 237 Å². The SMILES string of the molecule is CCCCCCCCCCCCC(=O)O[C@H](COC(=O)CCCCCCCCCCC)COP(=O)(O)OC[C@H](O)COP(=O)(O)OC[C@@H](COC(=O)CCCCCCCCCCCCC(C)C)OC(=O)CCCCCCCCCCCCCCCCCCCCC(C)CC. The fraction of sp³-hybridized carbons (Fsp3) is 0.947. The largest absolute Gasteiger partial charge is 0.472 e. The van der Waals surface area contributed by atoms with Gasteiger partial charge in [-0.2, -0.15) is 0 Å². The molecule has 3 unspecified atom stereocenters. The lowest BCUT2D eigenvalue weighted by Crippen LogP contribution is -2.30. The molecule has 0 bridgehead atoms. The average molecular weight is 1380 g/mol. The van der Waals surface area contributed by atoms with E-state index < -0.39 is 97.5 Å². The molecule has 0 heterocycles. The van der Waals surface area contributed by atoms with Gasteiger partial charge in [-0.05, 0) is 37.5 Å². The minimum Gasteiger partial charge on any atom is -0.462 e. The van der Waals surface area contributed by atoms with Crippen LogP contribution in [-0.2, 0) is 65.4 Å². The lowest BCUT2D eigenvalue weighted by atomic mass is 9.99. The molecule has 0 spiro atoms. The molecular formula is C75H146O17P2. The van der Waals surface area contributed by atoms with Crippen molar-refractivity contribution < 1.29 is 80.2 Å². The minimum absolute atomic E-state index is 0.106. The highest BCUT2D eigenvalue weighted by atomic mass is 31.2. The summed E-state index contributed by atoms with van der Waals surface area (Å²) in [6.45, 7) is 9.62. The van der Waals surface area contributed by atoms with Gasteiger partial charge in [-0.15, -0.1) is 0 Å². The van der Waals surface area contributed by atoms with Crippen molar-refractivity contribution in [1.29, 1.82) is 0 Å². The van der Waals surface area contributed by atoms with Crippen molar-refractivity contribution in [3.8, 4) is 0 Å². The number of aliphatic hydroxyl groups is 1. The predicted octanol–water partition coefficient (Wildman–Crippen LogP) is 21.9. The van der Waals surface area contributed by atoms with E-state index in [1.807, 2.05) is 0 Å². The van der Waals surface area contributed by atoms with Crippen LogP contribution in [0.5, 0.6) is 0 Å². The molecule has 0 saturated heterocycles. The molecule has 0 amide bonds. The highest BCUT2D eigenvalue weighted by Crippen LogP contribution is 2.45. The monoisotopic (exact) mass is 1380 g/mol. The van der Waals surface area contributed by atoms with Gasteiger partial charge in [0, 0.05) is 25.7 Å². The maximum atomic E-state index is 13.1. The zero-order valence-electron chi connectivity index (χ0n) is 61.3. The Morgan fingerprint density at radius 2 is 0.543 bits per heavy atom. The van der Waals surface area contributed by atoms with E-state index in [4.69, 9.17) is 37.0 Å². The highest BCUT2D eigenvalue weighted by Gasteiger charge is 2.30. The number of esters is 4. The van der Waals surface area contributed by atoms with Gasteiger partial charge in [0.2, 0.25) is 0 Å². The predicted molar refractivity (Wildman–Crippen MR) is 381 cm³/mol. The van der Waals surface area contributed by atoms with Gasteiger partial charge in [0.05, 0.1) is 26.4 Å². The Balaban J connectivity index is 5.16. The van der Waals surface area contributed by atoms with E-state index in [-0.39, 0.29) is 25.7 Å². The normalized spacial score (nSPS) is 14.3. The molecule has 0 rings (SSSR count). The molecule has 0 aromatic carbocycles. The third-order valence-corrected chi connectivity index (χ3v) is 19.7. The number of hydrogen-bond acceptors (Lipinski definition) is 15. The summed E-state index contributed by atoms with van der Waals surface area (Å²) < 4.78 is 68.4. The third-order valence-electron chi connectivity index (χ3n) is 17.8. The maximum absolute atomic E-state index is 13.1. The van der Waals surface area contributed by atoms with Crippen LogP contribution < -0.4 is 0 Å². The summed E-state index contributed by atoms with van der Waals surface area (Å²) in [5.41, 5.74) is 0. The smallest absolute Gasteiger partial charge is 0.462 e. The van der Waals surface area contributed by atoms with E-state index in [0.717, 1.165) is 102 Å². The minimum atomic E-state index is -4.96. The molecular weight excluding hydrogens is 1230 g/mol. The van der Waals surface area contributed by atoms with E-state index >= 15 is 0 Å². The molecule has 558 valence electrons. The Bertz CT molecular complexity index is 1820. The van der Waals surface area contributed by atoms with E-state index in [2.05, 4.69) is 41.5 Å². The number of aliphatic hydroxyl groups excluding tert-OH is 1. The molecule has 19 heteroatoms. The first-order chi connectivity index (χ1) is 45.4. The van der Waals surface area contributed by atoms with Crippen LogP contribution in [0.2, 0.25) is 0 Å². The van der Waals surface area contributed by atoms with Crippen LogP contribution in [0.15, 0.2) is 0 Å². The molecule has 0 radical (unpaired) electrons. The van der Waals surface area contributed by atoms with Crippen LogP contribution in [0.25, 0.3) is 0 Å². The number of phosphoric ester groups is 2. The molecule has 0 aliphatic rings. The van der Waals surface area contributed by atoms with Gasteiger partial charge in [0.15, 0.2) is 12.2 Å². The van der Waals surface area contributed by atoms with Crippen LogP contribution in [0.1, 0.15) is 388 Å². The summed E-state index contributed by atoms with van der Waals surface area (Å²) in [5.74, 6) is -0.490. The quantitative estimate of drug-likeness (QED) is 0.0222. The number of ether oxygens (including phenoxy) is 4. The summed E-state index contributed by atoms with van der Waals surface area (Å²) in [4.78, 5) is 72.6. The Hall–Kier alpha value is -1.94. The molecule has 0 saturated carbocycles. The Kier molecular flexibility index (Phi) is 65.5. The second kappa shape index (κ2) is 66.9. The average Bonchev–Trinajstić information content (AvgIpc) is 1.45. The van der Waals surface area contributed by atoms with Crippen LogP contribution >= 0.6 is 15.6 Å². The van der Waals surface area contributed by atoms with Crippen molar-refractivity contribution >= 4 is 39.5 Å². The molecule has 94 heavy (non-hydrogen) atoms. The second-order valence-corrected chi connectivity index (χ2v) is 30.7. The number of hydrogen-bond donors (Lipinski definition) is 3. The molecule has 17 nitrogen and oxygen atoms in total. The standard InChI is InChI=1S/C75H146O17P2/c1-7-10-12-14-16-18-34-41-47-53-59-74(79)91-70(63-85-72(77)57-51-45-39-31-17-15-13-11-8-2)65-89-93(81,82)87-61-69(76)62-88-94(83,84)90-66-71(64-86-73(78)58-52-46-40-35-30-29-32-37-43-49-55-67(4)5)92-75(80)60-54-48-42-36-28-26-24-22-20-19-21-23-25-27-33-38-44-50-56-68(6)9-3/h67-71,76H,7-66H2,1-6H3,(H,81,82)(H,83,84)/t68?,69-,70+,71+/m0/s1. The van der Waals surface area contributed by atoms with Crippen molar-refractivity contribution in [2.75, 3.05) is 39.6 Å². The summed E-state index contributed by atoms with van der Waals surface area (Å²) in [6.07, 6.45) is 54.1. The Morgan fingerprint density at radius 3 is 0.809 bits per heavy atom. The fourth-order valence-corrected chi connectivity index (χ4v) is 13.0. The van der Waals surface area contributed by atoms with Gasteiger partial charge >= 0.3 is 39.5 Å². The summed E-state index contributed by atoms with van der Waals surface area (Å²) in [5, 5.41) is 10.6. The molecule has 3 N–H and O–H groups in total. The van der Waals surface area contributed by atoms with Crippen molar-refractivity contribution in [3.63, 3.8) is 0 Å². The van der Waals surface area contributed by atoms with Crippen LogP contribution in [0.4, 0.5) is 0 Å². The summed E-state index contributed by atoms with van der Waals surface area (Å²) in [6, 6.07) is 0. The van der Waals surface area contributed by atoms with E-state index in [9.17, 15) is 43.2 Å². The number of phosphoric acid groups is 2. The summed E-state index contributed by atoms with van der Waals surface area (Å²) in [7, 11) is -9.90. The molecule has 6 atom stereocenters. The molecule has 0 aliphatic heterocycles. The first kappa shape index (κ1) is 92.1. The van der Waals surface area contributed by atoms with Crippen LogP contribution in [-0.4, -0.2) is 96.7 Å². The van der Waals surface area contributed by atoms with Gasteiger partial charge in [-0.25, -0.2) is 9.13 Å². The lowest BCUT2D eigenvalue weighted by Gasteiger charge is -2.21. The zero-order valence-corrected chi connectivity index (χ0v) is 63.1. The Morgan fingerprint density at radius 1 is 0.309 bits per heavy atom. The number of carbonyl (C=O) groups is 4. The van der Waals surface area contributed by atoms with Crippen molar-refractivity contribution in [2.24, 2.45) is 11.8 Å². The fourth-order valence-electron chi connectivity index (χ4n) is 11.4. The van der Waals surface area contributed by atoms with Crippen molar-refractivity contribution in [1.82, 2.24) is 0 Å². The first-order valence-electron chi connectivity index (χ1n) is 39.0. The van der Waals surface area contributed by atoms with Gasteiger partial charge < -0.3 is 33.8 Å². The number of unbranched alkanes of at least 4 members (excludes halogenated alkanes) is 43.